The molecule has 320 valence electrons. The molecule has 1 fully saturated rings. The Bertz CT molecular complexity index is 2280. The second-order valence-electron chi connectivity index (χ2n) is 17.4. The molecular formula is C52H59FO6SSi. The van der Waals surface area contributed by atoms with Gasteiger partial charge in [-0.3, -0.25) is 0 Å². The zero-order valence-corrected chi connectivity index (χ0v) is 38.3. The van der Waals surface area contributed by atoms with Gasteiger partial charge in [0.15, 0.2) is 8.32 Å². The molecule has 2 heterocycles. The predicted molar refractivity (Wildman–Crippen MR) is 245 cm³/mol. The fraction of sp³-hybridized carbons (Fsp3) is 0.346. The molecule has 5 atom stereocenters. The molecule has 0 amide bonds. The van der Waals surface area contributed by atoms with Gasteiger partial charge in [-0.2, -0.15) is 0 Å². The van der Waals surface area contributed by atoms with Gasteiger partial charge in [0.25, 0.3) is 0 Å². The van der Waals surface area contributed by atoms with Gasteiger partial charge in [0, 0.05) is 28.8 Å². The Morgan fingerprint density at radius 2 is 1.25 bits per heavy atom. The summed E-state index contributed by atoms with van der Waals surface area (Å²) in [5.74, 6) is -1.67. The summed E-state index contributed by atoms with van der Waals surface area (Å²) < 4.78 is 56.1. The molecule has 5 aromatic carbocycles. The highest BCUT2D eigenvalue weighted by Gasteiger charge is 2.59. The van der Waals surface area contributed by atoms with E-state index in [1.165, 1.54) is 17.0 Å². The molecule has 61 heavy (non-hydrogen) atoms. The Kier molecular flexibility index (Phi) is 14.5. The molecule has 1 aromatic heterocycles. The van der Waals surface area contributed by atoms with Crippen molar-refractivity contribution < 1.29 is 32.5 Å². The molecule has 0 aliphatic carbocycles. The van der Waals surface area contributed by atoms with Crippen molar-refractivity contribution in [2.24, 2.45) is 0 Å². The van der Waals surface area contributed by atoms with Crippen LogP contribution in [0.3, 0.4) is 0 Å². The van der Waals surface area contributed by atoms with Crippen LogP contribution >= 0.6 is 11.3 Å². The van der Waals surface area contributed by atoms with Crippen LogP contribution in [-0.4, -0.2) is 46.4 Å². The van der Waals surface area contributed by atoms with E-state index in [2.05, 4.69) is 108 Å². The van der Waals surface area contributed by atoms with Crippen LogP contribution in [0.15, 0.2) is 146 Å². The van der Waals surface area contributed by atoms with Crippen LogP contribution in [-0.2, 0) is 60.1 Å². The Labute approximate surface area is 366 Å². The fourth-order valence-electron chi connectivity index (χ4n) is 7.50. The van der Waals surface area contributed by atoms with E-state index in [1.807, 2.05) is 66.7 Å². The van der Waals surface area contributed by atoms with Crippen molar-refractivity contribution in [1.29, 1.82) is 0 Å². The van der Waals surface area contributed by atoms with Crippen molar-refractivity contribution in [3.05, 3.63) is 190 Å². The van der Waals surface area contributed by atoms with E-state index in [4.69, 9.17) is 28.1 Å². The lowest BCUT2D eigenvalue weighted by Gasteiger charge is -2.52. The zero-order valence-electron chi connectivity index (χ0n) is 36.4. The smallest absolute Gasteiger partial charge is 0.225 e. The lowest BCUT2D eigenvalue weighted by Crippen LogP contribution is -2.66. The first-order valence-corrected chi connectivity index (χ1v) is 24.9. The van der Waals surface area contributed by atoms with E-state index in [0.717, 1.165) is 43.8 Å². The number of methoxy groups -OCH3 is 1. The highest BCUT2D eigenvalue weighted by atomic mass is 32.1. The molecule has 0 radical (unpaired) electrons. The average Bonchev–Trinajstić information content (AvgIpc) is 3.73. The maximum atomic E-state index is 13.7. The van der Waals surface area contributed by atoms with Crippen LogP contribution in [0.2, 0.25) is 18.1 Å². The number of hydrogen-bond donors (Lipinski definition) is 0. The molecule has 6 nitrogen and oxygen atoms in total. The van der Waals surface area contributed by atoms with Crippen molar-refractivity contribution >= 4 is 19.7 Å². The van der Waals surface area contributed by atoms with Crippen LogP contribution in [0.5, 0.6) is 0 Å². The number of ether oxygens (including phenoxy) is 5. The quantitative estimate of drug-likeness (QED) is 0.0852. The summed E-state index contributed by atoms with van der Waals surface area (Å²) in [6, 6.07) is 47.9. The van der Waals surface area contributed by atoms with Gasteiger partial charge < -0.3 is 28.1 Å². The lowest BCUT2D eigenvalue weighted by molar-refractivity contribution is -0.384. The third-order valence-corrected chi connectivity index (χ3v) is 17.8. The Hall–Kier alpha value is -4.29. The summed E-state index contributed by atoms with van der Waals surface area (Å²) in [5, 5.41) is -0.0326. The Morgan fingerprint density at radius 1 is 0.689 bits per heavy atom. The minimum absolute atomic E-state index is 0.0326. The number of halogens is 1. The average molecular weight is 859 g/mol. The van der Waals surface area contributed by atoms with E-state index in [-0.39, 0.29) is 17.5 Å². The summed E-state index contributed by atoms with van der Waals surface area (Å²) >= 11 is 1.71. The molecule has 0 spiro atoms. The van der Waals surface area contributed by atoms with Gasteiger partial charge in [-0.25, -0.2) is 4.39 Å². The van der Waals surface area contributed by atoms with Crippen molar-refractivity contribution in [1.82, 2.24) is 0 Å². The zero-order chi connectivity index (χ0) is 43.0. The van der Waals surface area contributed by atoms with Gasteiger partial charge in [-0.15, -0.1) is 11.3 Å². The standard InChI is InChI=1S/C52H59FO6SSi/c1-37-23-26-43(31-42(37)32-45-29-30-47(60-45)41-24-27-44(53)28-25-41)52(54-5)50(57-35-40-21-15-10-16-22-40)49(56-34-39-19-13-9-14-20-39)48(55-33-38-17-11-8-12-18-38)46(59-52)36-58-61(6,7)51(2,3)4/h8-31,46,48-50H,32-36H2,1-7H3/t46-,48-,49+,50-,52+/m1/s1. The molecule has 7 rings (SSSR count). The van der Waals surface area contributed by atoms with Gasteiger partial charge >= 0.3 is 0 Å². The van der Waals surface area contributed by atoms with E-state index >= 15 is 0 Å². The van der Waals surface area contributed by atoms with Crippen molar-refractivity contribution in [2.45, 2.75) is 102 Å². The van der Waals surface area contributed by atoms with Crippen LogP contribution in [0.1, 0.15) is 59.0 Å². The maximum Gasteiger partial charge on any atom is 0.225 e. The maximum absolute atomic E-state index is 13.7. The molecule has 0 saturated carbocycles. The molecular weight excluding hydrogens is 800 g/mol. The first-order chi connectivity index (χ1) is 29.3. The van der Waals surface area contributed by atoms with Crippen LogP contribution < -0.4 is 0 Å². The third-order valence-electron chi connectivity index (χ3n) is 12.2. The highest BCUT2D eigenvalue weighted by molar-refractivity contribution is 7.15. The van der Waals surface area contributed by atoms with E-state index in [9.17, 15) is 4.39 Å². The molecule has 1 saturated heterocycles. The van der Waals surface area contributed by atoms with E-state index < -0.39 is 38.5 Å². The second-order valence-corrected chi connectivity index (χ2v) is 23.4. The number of aryl methyl sites for hydroxylation is 1. The summed E-state index contributed by atoms with van der Waals surface area (Å²) in [5.41, 5.74) is 7.16. The number of hydrogen-bond acceptors (Lipinski definition) is 7. The lowest BCUT2D eigenvalue weighted by atomic mass is 9.85. The molecule has 9 heteroatoms. The van der Waals surface area contributed by atoms with Crippen molar-refractivity contribution in [2.75, 3.05) is 13.7 Å². The Balaban J connectivity index is 1.32. The molecule has 1 aliphatic heterocycles. The molecule has 0 unspecified atom stereocenters. The third kappa shape index (κ3) is 10.8. The number of rotatable bonds is 17. The second kappa shape index (κ2) is 19.8. The minimum atomic E-state index is -2.26. The molecule has 1 aliphatic rings. The van der Waals surface area contributed by atoms with Crippen LogP contribution in [0.4, 0.5) is 4.39 Å². The van der Waals surface area contributed by atoms with Crippen LogP contribution in [0, 0.1) is 12.7 Å². The van der Waals surface area contributed by atoms with Crippen molar-refractivity contribution in [3.63, 3.8) is 0 Å². The largest absolute Gasteiger partial charge is 0.414 e. The van der Waals surface area contributed by atoms with E-state index in [0.29, 0.717) is 26.2 Å². The van der Waals surface area contributed by atoms with Gasteiger partial charge in [-0.05, 0) is 88.8 Å². The van der Waals surface area contributed by atoms with Gasteiger partial charge in [0.05, 0.1) is 26.4 Å². The first kappa shape index (κ1) is 44.8. The topological polar surface area (TPSA) is 55.4 Å². The monoisotopic (exact) mass is 858 g/mol. The minimum Gasteiger partial charge on any atom is -0.414 e. The summed E-state index contributed by atoms with van der Waals surface area (Å²) in [6.07, 6.45) is -1.95. The normalized spacial score (nSPS) is 20.8. The SMILES string of the molecule is CO[C@@]1(c2ccc(C)c(Cc3ccc(-c4ccc(F)cc4)s3)c2)O[C@H](CO[Si](C)(C)C(C)(C)C)[C@@H](OCc2ccccc2)[C@H](OCc2ccccc2)[C@H]1OCc1ccccc1. The van der Waals surface area contributed by atoms with Gasteiger partial charge in [0.1, 0.15) is 30.2 Å². The summed E-state index contributed by atoms with van der Waals surface area (Å²) in [4.78, 5) is 2.28. The summed E-state index contributed by atoms with van der Waals surface area (Å²) in [7, 11) is -0.569. The molecule has 0 bridgehead atoms. The first-order valence-electron chi connectivity index (χ1n) is 21.1. The number of benzene rings is 5. The van der Waals surface area contributed by atoms with Gasteiger partial charge in [-0.1, -0.05) is 136 Å². The highest BCUT2D eigenvalue weighted by Crippen LogP contribution is 2.46. The predicted octanol–water partition coefficient (Wildman–Crippen LogP) is 12.4. The van der Waals surface area contributed by atoms with Crippen molar-refractivity contribution in [3.8, 4) is 10.4 Å². The molecule has 0 N–H and O–H groups in total. The van der Waals surface area contributed by atoms with Gasteiger partial charge in [0.2, 0.25) is 5.79 Å². The summed E-state index contributed by atoms with van der Waals surface area (Å²) in [6.45, 7) is 14.6. The Morgan fingerprint density at radius 3 is 1.80 bits per heavy atom. The van der Waals surface area contributed by atoms with E-state index in [1.54, 1.807) is 18.4 Å². The fourth-order valence-corrected chi connectivity index (χ4v) is 9.55. The van der Waals surface area contributed by atoms with Crippen LogP contribution in [0.25, 0.3) is 10.4 Å². The molecule has 6 aromatic rings. The number of thiophene rings is 1.